The summed E-state index contributed by atoms with van der Waals surface area (Å²) in [5.41, 5.74) is 1.07. The molecule has 9 nitrogen and oxygen atoms in total. The maximum atomic E-state index is 13.2. The predicted octanol–water partition coefficient (Wildman–Crippen LogP) is 3.34. The third kappa shape index (κ3) is 4.53. The molecule has 3 heterocycles. The van der Waals surface area contributed by atoms with Crippen LogP contribution >= 0.6 is 0 Å². The highest BCUT2D eigenvalue weighted by molar-refractivity contribution is 5.92. The van der Waals surface area contributed by atoms with Gasteiger partial charge in [-0.3, -0.25) is 9.59 Å². The lowest BCUT2D eigenvalue weighted by atomic mass is 10.0. The first-order chi connectivity index (χ1) is 16.1. The number of aryl methyl sites for hydroxylation is 1. The van der Waals surface area contributed by atoms with Gasteiger partial charge in [-0.15, -0.1) is 0 Å². The van der Waals surface area contributed by atoms with Gasteiger partial charge in [-0.2, -0.15) is 4.98 Å². The van der Waals surface area contributed by atoms with Gasteiger partial charge in [0.2, 0.25) is 17.6 Å². The van der Waals surface area contributed by atoms with Crippen LogP contribution in [0.1, 0.15) is 60.3 Å². The fourth-order valence-electron chi connectivity index (χ4n) is 4.84. The number of amides is 2. The molecule has 1 aliphatic heterocycles. The van der Waals surface area contributed by atoms with Crippen LogP contribution in [0.4, 0.5) is 0 Å². The Morgan fingerprint density at radius 2 is 1.85 bits per heavy atom. The van der Waals surface area contributed by atoms with Crippen LogP contribution in [0, 0.1) is 12.8 Å². The number of hydrogen-bond acceptors (Lipinski definition) is 7. The zero-order valence-corrected chi connectivity index (χ0v) is 18.6. The van der Waals surface area contributed by atoms with Crippen LogP contribution < -0.4 is 5.32 Å². The summed E-state index contributed by atoms with van der Waals surface area (Å²) in [5, 5.41) is 7.18. The molecular weight excluding hydrogens is 422 g/mol. The van der Waals surface area contributed by atoms with Gasteiger partial charge in [0.15, 0.2) is 11.6 Å². The summed E-state index contributed by atoms with van der Waals surface area (Å²) in [4.78, 5) is 36.7. The summed E-state index contributed by atoms with van der Waals surface area (Å²) in [7, 11) is 0. The molecule has 0 bridgehead atoms. The van der Waals surface area contributed by atoms with Crippen molar-refractivity contribution in [3.8, 4) is 11.4 Å². The lowest BCUT2D eigenvalue weighted by Gasteiger charge is -2.29. The number of oxazole rings is 1. The van der Waals surface area contributed by atoms with Crippen LogP contribution in [0.3, 0.4) is 0 Å². The van der Waals surface area contributed by atoms with Crippen molar-refractivity contribution < 1.29 is 18.5 Å². The van der Waals surface area contributed by atoms with E-state index < -0.39 is 0 Å². The first-order valence-electron chi connectivity index (χ1n) is 11.5. The lowest BCUT2D eigenvalue weighted by molar-refractivity contribution is -0.136. The van der Waals surface area contributed by atoms with Crippen LogP contribution in [0.15, 0.2) is 45.5 Å². The van der Waals surface area contributed by atoms with Gasteiger partial charge in [-0.25, -0.2) is 4.98 Å². The number of carbonyl (C=O) groups excluding carboxylic acids is 2. The normalized spacial score (nSPS) is 22.9. The third-order valence-corrected chi connectivity index (χ3v) is 6.54. The number of benzene rings is 1. The van der Waals surface area contributed by atoms with E-state index in [2.05, 4.69) is 20.4 Å². The maximum absolute atomic E-state index is 13.2. The Kier molecular flexibility index (Phi) is 5.93. The Bertz CT molecular complexity index is 1120. The molecule has 1 aliphatic carbocycles. The van der Waals surface area contributed by atoms with E-state index in [9.17, 15) is 9.59 Å². The monoisotopic (exact) mass is 449 g/mol. The largest absolute Gasteiger partial charge is 0.448 e. The minimum Gasteiger partial charge on any atom is -0.448 e. The van der Waals surface area contributed by atoms with E-state index in [0.717, 1.165) is 37.9 Å². The second-order valence-corrected chi connectivity index (χ2v) is 8.81. The summed E-state index contributed by atoms with van der Waals surface area (Å²) in [6, 6.07) is 9.26. The SMILES string of the molecule is Cc1nc(C(=O)NC2CC(C(=O)N3CCCCC3)CC2c2nc(-c3ccccc3)no2)co1. The molecule has 1 saturated heterocycles. The predicted molar refractivity (Wildman–Crippen MR) is 118 cm³/mol. The summed E-state index contributed by atoms with van der Waals surface area (Å²) in [5.74, 6) is 0.700. The lowest BCUT2D eigenvalue weighted by Crippen LogP contribution is -2.40. The molecule has 0 radical (unpaired) electrons. The molecule has 33 heavy (non-hydrogen) atoms. The minimum atomic E-state index is -0.337. The molecule has 2 aromatic heterocycles. The van der Waals surface area contributed by atoms with E-state index in [1.54, 1.807) is 6.92 Å². The van der Waals surface area contributed by atoms with Crippen molar-refractivity contribution in [1.82, 2.24) is 25.3 Å². The number of carbonyl (C=O) groups is 2. The summed E-state index contributed by atoms with van der Waals surface area (Å²) >= 11 is 0. The van der Waals surface area contributed by atoms with E-state index in [4.69, 9.17) is 8.94 Å². The van der Waals surface area contributed by atoms with Gasteiger partial charge in [0.1, 0.15) is 6.26 Å². The van der Waals surface area contributed by atoms with Gasteiger partial charge >= 0.3 is 0 Å². The summed E-state index contributed by atoms with van der Waals surface area (Å²) in [6.07, 6.45) is 5.65. The molecule has 0 spiro atoms. The molecule has 172 valence electrons. The zero-order chi connectivity index (χ0) is 22.8. The average molecular weight is 450 g/mol. The highest BCUT2D eigenvalue weighted by atomic mass is 16.5. The third-order valence-electron chi connectivity index (χ3n) is 6.54. The Labute approximate surface area is 191 Å². The fourth-order valence-corrected chi connectivity index (χ4v) is 4.84. The molecule has 1 saturated carbocycles. The van der Waals surface area contributed by atoms with E-state index in [1.165, 1.54) is 6.26 Å². The van der Waals surface area contributed by atoms with Gasteiger partial charge in [0, 0.05) is 37.5 Å². The highest BCUT2D eigenvalue weighted by Gasteiger charge is 2.44. The van der Waals surface area contributed by atoms with Gasteiger partial charge in [-0.1, -0.05) is 35.5 Å². The molecule has 5 rings (SSSR count). The van der Waals surface area contributed by atoms with E-state index in [1.807, 2.05) is 35.2 Å². The first kappa shape index (κ1) is 21.4. The number of rotatable bonds is 5. The molecule has 3 aromatic rings. The van der Waals surface area contributed by atoms with Crippen LogP contribution in [0.2, 0.25) is 0 Å². The molecule has 2 fully saturated rings. The van der Waals surface area contributed by atoms with Crippen molar-refractivity contribution in [3.05, 3.63) is 54.1 Å². The quantitative estimate of drug-likeness (QED) is 0.635. The van der Waals surface area contributed by atoms with E-state index >= 15 is 0 Å². The summed E-state index contributed by atoms with van der Waals surface area (Å²) in [6.45, 7) is 3.29. The van der Waals surface area contributed by atoms with Gasteiger partial charge in [-0.05, 0) is 32.1 Å². The van der Waals surface area contributed by atoms with Gasteiger partial charge in [0.25, 0.3) is 5.91 Å². The van der Waals surface area contributed by atoms with Crippen molar-refractivity contribution in [2.75, 3.05) is 13.1 Å². The number of likely N-dealkylation sites (tertiary alicyclic amines) is 1. The van der Waals surface area contributed by atoms with E-state index in [-0.39, 0.29) is 35.4 Å². The highest BCUT2D eigenvalue weighted by Crippen LogP contribution is 2.40. The van der Waals surface area contributed by atoms with Crippen LogP contribution in [-0.2, 0) is 4.79 Å². The number of nitrogens with zero attached hydrogens (tertiary/aromatic N) is 4. The molecule has 1 aromatic carbocycles. The van der Waals surface area contributed by atoms with Crippen LogP contribution in [-0.4, -0.2) is 51.0 Å². The molecule has 9 heteroatoms. The Balaban J connectivity index is 1.38. The first-order valence-corrected chi connectivity index (χ1v) is 11.5. The fraction of sp³-hybridized carbons (Fsp3) is 0.458. The molecular formula is C24H27N5O4. The van der Waals surface area contributed by atoms with Gasteiger partial charge < -0.3 is 19.2 Å². The smallest absolute Gasteiger partial charge is 0.273 e. The zero-order valence-electron chi connectivity index (χ0n) is 18.6. The van der Waals surface area contributed by atoms with Crippen molar-refractivity contribution >= 4 is 11.8 Å². The molecule has 2 amide bonds. The second kappa shape index (κ2) is 9.17. The Morgan fingerprint density at radius 1 is 1.06 bits per heavy atom. The van der Waals surface area contributed by atoms with E-state index in [0.29, 0.717) is 30.4 Å². The van der Waals surface area contributed by atoms with Crippen LogP contribution in [0.5, 0.6) is 0 Å². The average Bonchev–Trinajstić information content (AvgIpc) is 3.59. The molecule has 2 aliphatic rings. The van der Waals surface area contributed by atoms with Crippen molar-refractivity contribution in [1.29, 1.82) is 0 Å². The number of aromatic nitrogens is 3. The second-order valence-electron chi connectivity index (χ2n) is 8.81. The number of nitrogens with one attached hydrogen (secondary N) is 1. The minimum absolute atomic E-state index is 0.150. The Hall–Kier alpha value is -3.49. The number of hydrogen-bond donors (Lipinski definition) is 1. The summed E-state index contributed by atoms with van der Waals surface area (Å²) < 4.78 is 10.8. The van der Waals surface area contributed by atoms with Gasteiger partial charge in [0.05, 0.1) is 5.92 Å². The molecule has 1 N–H and O–H groups in total. The number of piperidine rings is 1. The van der Waals surface area contributed by atoms with Crippen molar-refractivity contribution in [2.45, 2.75) is 51.0 Å². The maximum Gasteiger partial charge on any atom is 0.273 e. The van der Waals surface area contributed by atoms with Crippen molar-refractivity contribution in [3.63, 3.8) is 0 Å². The van der Waals surface area contributed by atoms with Crippen LogP contribution in [0.25, 0.3) is 11.4 Å². The Morgan fingerprint density at radius 3 is 2.58 bits per heavy atom. The van der Waals surface area contributed by atoms with Crippen molar-refractivity contribution in [2.24, 2.45) is 5.92 Å². The topological polar surface area (TPSA) is 114 Å². The molecule has 3 unspecified atom stereocenters. The molecule has 3 atom stereocenters. The standard InChI is InChI=1S/C24H27N5O4/c1-15-25-20(14-32-15)22(30)26-19-13-17(24(31)29-10-6-3-7-11-29)12-18(19)23-27-21(28-33-23)16-8-4-2-5-9-16/h2,4-5,8-9,14,17-19H,3,6-7,10-13H2,1H3,(H,26,30).